The van der Waals surface area contributed by atoms with E-state index < -0.39 is 0 Å². The van der Waals surface area contributed by atoms with Gasteiger partial charge in [-0.3, -0.25) is 11.3 Å². The Morgan fingerprint density at radius 2 is 1.55 bits per heavy atom. The van der Waals surface area contributed by atoms with Gasteiger partial charge in [0.2, 0.25) is 0 Å². The maximum atomic E-state index is 5.80. The van der Waals surface area contributed by atoms with Crippen LogP contribution >= 0.6 is 0 Å². The lowest BCUT2D eigenvalue weighted by atomic mass is 9.92. The molecule has 104 valence electrons. The predicted octanol–water partition coefficient (Wildman–Crippen LogP) is 2.87. The fourth-order valence-corrected chi connectivity index (χ4v) is 3.30. The van der Waals surface area contributed by atoms with Gasteiger partial charge in [-0.1, -0.05) is 54.6 Å². The van der Waals surface area contributed by atoms with Crippen molar-refractivity contribution >= 4 is 0 Å². The standard InChI is InChI=1S/C18H22N2/c19-20-18(11-10-14-6-2-1-3-7-14)17-12-15-8-4-5-9-16(15)13-17/h1-9,17-18,20H,10-13,19H2. The first-order valence-corrected chi connectivity index (χ1v) is 7.43. The van der Waals surface area contributed by atoms with Crippen LogP contribution in [0.3, 0.4) is 0 Å². The highest BCUT2D eigenvalue weighted by molar-refractivity contribution is 5.32. The van der Waals surface area contributed by atoms with Crippen molar-refractivity contribution in [3.8, 4) is 0 Å². The first-order chi connectivity index (χ1) is 9.86. The van der Waals surface area contributed by atoms with Gasteiger partial charge in [0, 0.05) is 6.04 Å². The van der Waals surface area contributed by atoms with Crippen molar-refractivity contribution in [2.45, 2.75) is 31.7 Å². The van der Waals surface area contributed by atoms with E-state index in [0.717, 1.165) is 25.7 Å². The fraction of sp³-hybridized carbons (Fsp3) is 0.333. The van der Waals surface area contributed by atoms with Crippen LogP contribution in [0.5, 0.6) is 0 Å². The van der Waals surface area contributed by atoms with Crippen LogP contribution in [0.25, 0.3) is 0 Å². The number of rotatable bonds is 5. The summed E-state index contributed by atoms with van der Waals surface area (Å²) in [7, 11) is 0. The highest BCUT2D eigenvalue weighted by Gasteiger charge is 2.27. The van der Waals surface area contributed by atoms with Crippen LogP contribution in [0.2, 0.25) is 0 Å². The van der Waals surface area contributed by atoms with Crippen LogP contribution in [0.15, 0.2) is 54.6 Å². The molecule has 0 saturated heterocycles. The van der Waals surface area contributed by atoms with Gasteiger partial charge in [0.05, 0.1) is 0 Å². The summed E-state index contributed by atoms with van der Waals surface area (Å²) in [5.41, 5.74) is 7.44. The smallest absolute Gasteiger partial charge is 0.0248 e. The minimum Gasteiger partial charge on any atom is -0.271 e. The van der Waals surface area contributed by atoms with E-state index in [0.29, 0.717) is 12.0 Å². The molecule has 2 heteroatoms. The first-order valence-electron chi connectivity index (χ1n) is 7.43. The summed E-state index contributed by atoms with van der Waals surface area (Å²) in [5.74, 6) is 6.43. The second-order valence-electron chi connectivity index (χ2n) is 5.73. The minimum atomic E-state index is 0.391. The van der Waals surface area contributed by atoms with Crippen LogP contribution in [-0.2, 0) is 19.3 Å². The first kappa shape index (κ1) is 13.3. The van der Waals surface area contributed by atoms with Gasteiger partial charge in [0.25, 0.3) is 0 Å². The van der Waals surface area contributed by atoms with Gasteiger partial charge in [-0.15, -0.1) is 0 Å². The van der Waals surface area contributed by atoms with Crippen molar-refractivity contribution in [3.63, 3.8) is 0 Å². The van der Waals surface area contributed by atoms with Crippen molar-refractivity contribution in [1.29, 1.82) is 0 Å². The zero-order valence-electron chi connectivity index (χ0n) is 11.8. The molecule has 1 aliphatic rings. The molecule has 1 aliphatic carbocycles. The number of hydrogen-bond acceptors (Lipinski definition) is 2. The van der Waals surface area contributed by atoms with E-state index in [-0.39, 0.29) is 0 Å². The van der Waals surface area contributed by atoms with Gasteiger partial charge in [-0.25, -0.2) is 0 Å². The highest BCUT2D eigenvalue weighted by Crippen LogP contribution is 2.29. The number of nitrogens with two attached hydrogens (primary N) is 1. The maximum absolute atomic E-state index is 5.80. The highest BCUT2D eigenvalue weighted by atomic mass is 15.2. The van der Waals surface area contributed by atoms with Gasteiger partial charge in [0.1, 0.15) is 0 Å². The molecule has 0 bridgehead atoms. The van der Waals surface area contributed by atoms with E-state index in [2.05, 4.69) is 60.0 Å². The Bertz CT molecular complexity index is 525. The third-order valence-corrected chi connectivity index (χ3v) is 4.45. The van der Waals surface area contributed by atoms with Crippen LogP contribution in [0.4, 0.5) is 0 Å². The predicted molar refractivity (Wildman–Crippen MR) is 83.2 cm³/mol. The maximum Gasteiger partial charge on any atom is 0.0248 e. The molecule has 0 aromatic heterocycles. The summed E-state index contributed by atoms with van der Waals surface area (Å²) in [6.45, 7) is 0. The number of hydrogen-bond donors (Lipinski definition) is 2. The molecule has 0 spiro atoms. The van der Waals surface area contributed by atoms with Crippen LogP contribution in [0, 0.1) is 5.92 Å². The van der Waals surface area contributed by atoms with E-state index in [1.54, 1.807) is 0 Å². The van der Waals surface area contributed by atoms with Gasteiger partial charge >= 0.3 is 0 Å². The third kappa shape index (κ3) is 2.92. The molecular formula is C18H22N2. The number of hydrazine groups is 1. The molecule has 3 rings (SSSR count). The van der Waals surface area contributed by atoms with Crippen molar-refractivity contribution in [2.75, 3.05) is 0 Å². The number of aryl methyl sites for hydroxylation is 1. The molecular weight excluding hydrogens is 244 g/mol. The third-order valence-electron chi connectivity index (χ3n) is 4.45. The lowest BCUT2D eigenvalue weighted by molar-refractivity contribution is 0.350. The Morgan fingerprint density at radius 3 is 2.15 bits per heavy atom. The summed E-state index contributed by atoms with van der Waals surface area (Å²) in [5, 5.41) is 0. The monoisotopic (exact) mass is 266 g/mol. The van der Waals surface area contributed by atoms with Crippen molar-refractivity contribution in [3.05, 3.63) is 71.3 Å². The van der Waals surface area contributed by atoms with E-state index in [9.17, 15) is 0 Å². The van der Waals surface area contributed by atoms with Gasteiger partial charge in [-0.05, 0) is 48.3 Å². The van der Waals surface area contributed by atoms with Crippen molar-refractivity contribution in [1.82, 2.24) is 5.43 Å². The number of benzene rings is 2. The molecule has 2 aromatic rings. The largest absolute Gasteiger partial charge is 0.271 e. The zero-order valence-corrected chi connectivity index (χ0v) is 11.8. The van der Waals surface area contributed by atoms with E-state index in [4.69, 9.17) is 5.84 Å². The molecule has 0 saturated carbocycles. The summed E-state index contributed by atoms with van der Waals surface area (Å²) >= 11 is 0. The quantitative estimate of drug-likeness (QED) is 0.645. The van der Waals surface area contributed by atoms with E-state index >= 15 is 0 Å². The average Bonchev–Trinajstić information content (AvgIpc) is 2.92. The van der Waals surface area contributed by atoms with Gasteiger partial charge in [0.15, 0.2) is 0 Å². The molecule has 0 aliphatic heterocycles. The minimum absolute atomic E-state index is 0.391. The van der Waals surface area contributed by atoms with Crippen molar-refractivity contribution in [2.24, 2.45) is 11.8 Å². The Kier molecular flexibility index (Phi) is 4.14. The fourth-order valence-electron chi connectivity index (χ4n) is 3.30. The molecule has 1 atom stereocenters. The van der Waals surface area contributed by atoms with Crippen LogP contribution < -0.4 is 11.3 Å². The Balaban J connectivity index is 1.61. The molecule has 0 amide bonds. The molecule has 0 radical (unpaired) electrons. The summed E-state index contributed by atoms with van der Waals surface area (Å²) < 4.78 is 0. The Morgan fingerprint density at radius 1 is 0.950 bits per heavy atom. The zero-order chi connectivity index (χ0) is 13.8. The van der Waals surface area contributed by atoms with Crippen LogP contribution in [-0.4, -0.2) is 6.04 Å². The Labute approximate surface area is 121 Å². The average molecular weight is 266 g/mol. The van der Waals surface area contributed by atoms with Crippen LogP contribution in [0.1, 0.15) is 23.1 Å². The normalized spacial score (nSPS) is 16.1. The van der Waals surface area contributed by atoms with Crippen molar-refractivity contribution < 1.29 is 0 Å². The molecule has 0 fully saturated rings. The van der Waals surface area contributed by atoms with Gasteiger partial charge in [-0.2, -0.15) is 0 Å². The summed E-state index contributed by atoms with van der Waals surface area (Å²) in [6, 6.07) is 19.8. The number of nitrogens with one attached hydrogen (secondary N) is 1. The lowest BCUT2D eigenvalue weighted by Gasteiger charge is -2.22. The Hall–Kier alpha value is -1.64. The molecule has 2 nitrogen and oxygen atoms in total. The second-order valence-corrected chi connectivity index (χ2v) is 5.73. The summed E-state index contributed by atoms with van der Waals surface area (Å²) in [6.07, 6.45) is 4.49. The summed E-state index contributed by atoms with van der Waals surface area (Å²) in [4.78, 5) is 0. The molecule has 3 N–H and O–H groups in total. The number of fused-ring (bicyclic) bond motifs is 1. The molecule has 20 heavy (non-hydrogen) atoms. The van der Waals surface area contributed by atoms with Gasteiger partial charge < -0.3 is 0 Å². The lowest BCUT2D eigenvalue weighted by Crippen LogP contribution is -2.41. The topological polar surface area (TPSA) is 38.0 Å². The SMILES string of the molecule is NNC(CCc1ccccc1)C1Cc2ccccc2C1. The molecule has 2 aromatic carbocycles. The second kappa shape index (κ2) is 6.21. The van der Waals surface area contributed by atoms with E-state index in [1.165, 1.54) is 16.7 Å². The van der Waals surface area contributed by atoms with E-state index in [1.807, 2.05) is 0 Å². The molecule has 1 unspecified atom stereocenters. The molecule has 0 heterocycles.